The van der Waals surface area contributed by atoms with Crippen LogP contribution in [0.15, 0.2) is 18.5 Å². The predicted octanol–water partition coefficient (Wildman–Crippen LogP) is -2.86. The molecule has 0 amide bonds. The monoisotopic (exact) mass is 124 g/mol. The van der Waals surface area contributed by atoms with E-state index < -0.39 is 0 Å². The third-order valence-electron chi connectivity index (χ3n) is 0.406. The third-order valence-corrected chi connectivity index (χ3v) is 0.406. The molecule has 0 saturated heterocycles. The first kappa shape index (κ1) is 10.5. The molecule has 7 heavy (non-hydrogen) atoms. The minimum absolute atomic E-state index is 0. The van der Waals surface area contributed by atoms with Gasteiger partial charge in [0, 0.05) is 12.4 Å². The normalized spacial score (nSPS) is 5.71. The van der Waals surface area contributed by atoms with Crippen LogP contribution in [0, 0.1) is 0 Å². The van der Waals surface area contributed by atoms with Gasteiger partial charge in [-0.05, 0) is 6.07 Å². The van der Waals surface area contributed by atoms with Gasteiger partial charge in [0.05, 0.1) is 0 Å². The standard InChI is InChI=1S/C3H4N2.Na.H2S/c1-2-4-5-3-1;;/h1-3H,(H,4,5);;1H2/q;+1;/p-1. The van der Waals surface area contributed by atoms with E-state index in [1.165, 1.54) is 0 Å². The Morgan fingerprint density at radius 2 is 2.14 bits per heavy atom. The van der Waals surface area contributed by atoms with Crippen LogP contribution in [0.25, 0.3) is 0 Å². The van der Waals surface area contributed by atoms with Crippen molar-refractivity contribution in [2.75, 3.05) is 0 Å². The Labute approximate surface area is 71.4 Å². The van der Waals surface area contributed by atoms with E-state index in [0.29, 0.717) is 0 Å². The molecule has 0 unspecified atom stereocenters. The van der Waals surface area contributed by atoms with Crippen LogP contribution in [0.2, 0.25) is 0 Å². The zero-order valence-electron chi connectivity index (χ0n) is 4.13. The van der Waals surface area contributed by atoms with Crippen molar-refractivity contribution in [3.05, 3.63) is 18.5 Å². The number of hydrogen-bond acceptors (Lipinski definition) is 2. The summed E-state index contributed by atoms with van der Waals surface area (Å²) in [6.45, 7) is 0. The fraction of sp³-hybridized carbons (Fsp3) is 0. The fourth-order valence-corrected chi connectivity index (χ4v) is 0.215. The van der Waals surface area contributed by atoms with E-state index in [0.717, 1.165) is 0 Å². The molecular formula is C3H5N2NaS. The van der Waals surface area contributed by atoms with Gasteiger partial charge in [-0.15, -0.1) is 0 Å². The molecule has 0 aliphatic carbocycles. The minimum Gasteiger partial charge on any atom is -0.813 e. The summed E-state index contributed by atoms with van der Waals surface area (Å²) in [5, 5.41) is 6.21. The molecule has 34 valence electrons. The summed E-state index contributed by atoms with van der Waals surface area (Å²) in [6.07, 6.45) is 3.46. The Morgan fingerprint density at radius 1 is 1.43 bits per heavy atom. The van der Waals surface area contributed by atoms with E-state index in [4.69, 9.17) is 0 Å². The van der Waals surface area contributed by atoms with Gasteiger partial charge >= 0.3 is 29.6 Å². The molecule has 1 aromatic heterocycles. The van der Waals surface area contributed by atoms with Crippen LogP contribution in [0.1, 0.15) is 0 Å². The van der Waals surface area contributed by atoms with Gasteiger partial charge in [0.2, 0.25) is 0 Å². The number of rotatable bonds is 0. The number of H-pyrrole nitrogens is 1. The van der Waals surface area contributed by atoms with Crippen LogP contribution in [0.5, 0.6) is 0 Å². The van der Waals surface area contributed by atoms with E-state index in [1.54, 1.807) is 12.4 Å². The molecule has 1 heterocycles. The molecule has 0 bridgehead atoms. The Morgan fingerprint density at radius 3 is 2.29 bits per heavy atom. The van der Waals surface area contributed by atoms with E-state index in [2.05, 4.69) is 10.2 Å². The Bertz CT molecular complexity index is 69.4. The van der Waals surface area contributed by atoms with Crippen LogP contribution in [-0.4, -0.2) is 10.2 Å². The second kappa shape index (κ2) is 6.56. The molecule has 1 N–H and O–H groups in total. The average molecular weight is 124 g/mol. The Kier molecular flexibility index (Phi) is 9.86. The summed E-state index contributed by atoms with van der Waals surface area (Å²) in [4.78, 5) is 0. The number of nitrogens with zero attached hydrogens (tertiary/aromatic N) is 1. The van der Waals surface area contributed by atoms with Crippen molar-refractivity contribution in [3.8, 4) is 0 Å². The van der Waals surface area contributed by atoms with Crippen molar-refractivity contribution in [2.24, 2.45) is 0 Å². The van der Waals surface area contributed by atoms with Crippen molar-refractivity contribution in [3.63, 3.8) is 0 Å². The molecule has 0 aliphatic heterocycles. The van der Waals surface area contributed by atoms with E-state index in [-0.39, 0.29) is 43.1 Å². The third kappa shape index (κ3) is 4.41. The topological polar surface area (TPSA) is 28.7 Å². The summed E-state index contributed by atoms with van der Waals surface area (Å²) < 4.78 is 0. The van der Waals surface area contributed by atoms with Crippen LogP contribution in [-0.2, 0) is 13.5 Å². The molecule has 1 rings (SSSR count). The number of thiol groups is 1. The molecule has 0 aromatic carbocycles. The maximum absolute atomic E-state index is 3.60. The smallest absolute Gasteiger partial charge is 0.813 e. The van der Waals surface area contributed by atoms with Crippen molar-refractivity contribution in [1.82, 2.24) is 10.2 Å². The molecule has 0 atom stereocenters. The molecule has 1 aromatic rings. The molecule has 0 spiro atoms. The Balaban J connectivity index is 0. The molecule has 0 radical (unpaired) electrons. The van der Waals surface area contributed by atoms with Gasteiger partial charge in [-0.3, -0.25) is 5.10 Å². The number of aromatic nitrogens is 2. The molecule has 0 saturated carbocycles. The summed E-state index contributed by atoms with van der Waals surface area (Å²) >= 11 is 0. The Hall–Kier alpha value is 0.560. The van der Waals surface area contributed by atoms with Gasteiger partial charge in [0.1, 0.15) is 0 Å². The van der Waals surface area contributed by atoms with Gasteiger partial charge in [-0.2, -0.15) is 5.10 Å². The summed E-state index contributed by atoms with van der Waals surface area (Å²) in [5.41, 5.74) is 0. The van der Waals surface area contributed by atoms with Crippen LogP contribution >= 0.6 is 0 Å². The first-order valence-electron chi connectivity index (χ1n) is 1.44. The fourth-order valence-electron chi connectivity index (χ4n) is 0.215. The molecule has 0 aliphatic rings. The molecule has 4 heteroatoms. The van der Waals surface area contributed by atoms with Crippen molar-refractivity contribution in [2.45, 2.75) is 0 Å². The van der Waals surface area contributed by atoms with Crippen molar-refractivity contribution >= 4 is 13.5 Å². The van der Waals surface area contributed by atoms with Gasteiger partial charge in [-0.1, -0.05) is 0 Å². The van der Waals surface area contributed by atoms with Gasteiger partial charge in [0.15, 0.2) is 0 Å². The first-order chi connectivity index (χ1) is 2.50. The second-order valence-corrected chi connectivity index (χ2v) is 0.766. The van der Waals surface area contributed by atoms with Crippen molar-refractivity contribution in [1.29, 1.82) is 0 Å². The first-order valence-corrected chi connectivity index (χ1v) is 1.44. The predicted molar refractivity (Wildman–Crippen MR) is 27.3 cm³/mol. The minimum atomic E-state index is 0. The van der Waals surface area contributed by atoms with Gasteiger partial charge in [-0.25, -0.2) is 0 Å². The summed E-state index contributed by atoms with van der Waals surface area (Å²) in [5.74, 6) is 0. The van der Waals surface area contributed by atoms with Crippen LogP contribution < -0.4 is 29.6 Å². The number of hydrogen-bond donors (Lipinski definition) is 1. The summed E-state index contributed by atoms with van der Waals surface area (Å²) in [6, 6.07) is 1.83. The van der Waals surface area contributed by atoms with Gasteiger partial charge in [0.25, 0.3) is 0 Å². The van der Waals surface area contributed by atoms with Crippen LogP contribution in [0.3, 0.4) is 0 Å². The molecule has 0 fully saturated rings. The van der Waals surface area contributed by atoms with Crippen LogP contribution in [0.4, 0.5) is 0 Å². The molecular weight excluding hydrogens is 119 g/mol. The number of nitrogens with one attached hydrogen (secondary N) is 1. The SMILES string of the molecule is [Na+].[SH-].c1cn[nH]c1. The van der Waals surface area contributed by atoms with E-state index in [9.17, 15) is 0 Å². The maximum atomic E-state index is 3.60. The maximum Gasteiger partial charge on any atom is 1.00 e. The number of aromatic amines is 1. The largest absolute Gasteiger partial charge is 1.00 e. The van der Waals surface area contributed by atoms with Crippen molar-refractivity contribution < 1.29 is 29.6 Å². The average Bonchev–Trinajstić information content (AvgIpc) is 1.76. The quantitative estimate of drug-likeness (QED) is 0.229. The second-order valence-electron chi connectivity index (χ2n) is 0.766. The van der Waals surface area contributed by atoms with Gasteiger partial charge < -0.3 is 13.5 Å². The van der Waals surface area contributed by atoms with E-state index in [1.807, 2.05) is 6.07 Å². The molecule has 2 nitrogen and oxygen atoms in total. The zero-order valence-corrected chi connectivity index (χ0v) is 7.02. The van der Waals surface area contributed by atoms with E-state index >= 15 is 0 Å². The summed E-state index contributed by atoms with van der Waals surface area (Å²) in [7, 11) is 0. The zero-order chi connectivity index (χ0) is 3.54.